The summed E-state index contributed by atoms with van der Waals surface area (Å²) in [5, 5.41) is 8.17. The van der Waals surface area contributed by atoms with E-state index in [-0.39, 0.29) is 18.1 Å². The maximum atomic E-state index is 13.0. The highest BCUT2D eigenvalue weighted by atomic mass is 16.5. The third-order valence-electron chi connectivity index (χ3n) is 5.19. The zero-order valence-electron chi connectivity index (χ0n) is 13.9. The molecule has 0 radical (unpaired) electrons. The number of fused-ring (bicyclic) bond motifs is 4. The molecule has 2 atom stereocenters. The van der Waals surface area contributed by atoms with E-state index >= 15 is 0 Å². The van der Waals surface area contributed by atoms with Gasteiger partial charge in [0.15, 0.2) is 0 Å². The maximum absolute atomic E-state index is 13.0. The quantitative estimate of drug-likeness (QED) is 0.665. The van der Waals surface area contributed by atoms with Crippen LogP contribution in [0.3, 0.4) is 0 Å². The van der Waals surface area contributed by atoms with E-state index in [0.29, 0.717) is 25.3 Å². The topological polar surface area (TPSA) is 78.1 Å². The van der Waals surface area contributed by atoms with Gasteiger partial charge in [0.1, 0.15) is 0 Å². The first kappa shape index (κ1) is 14.6. The lowest BCUT2D eigenvalue weighted by Gasteiger charge is -2.41. The molecule has 1 saturated heterocycles. The van der Waals surface area contributed by atoms with Crippen molar-refractivity contribution in [3.05, 3.63) is 42.0 Å². The average Bonchev–Trinajstić information content (AvgIpc) is 3.27. The number of hydrogen-bond acceptors (Lipinski definition) is 5. The van der Waals surface area contributed by atoms with Gasteiger partial charge in [0.05, 0.1) is 48.0 Å². The predicted molar refractivity (Wildman–Crippen MR) is 88.9 cm³/mol. The third-order valence-corrected chi connectivity index (χ3v) is 5.19. The van der Waals surface area contributed by atoms with E-state index in [1.165, 1.54) is 0 Å². The molecule has 0 aliphatic carbocycles. The van der Waals surface area contributed by atoms with Crippen LogP contribution in [-0.4, -0.2) is 54.5 Å². The van der Waals surface area contributed by atoms with E-state index in [4.69, 9.17) is 4.74 Å². The van der Waals surface area contributed by atoms with Gasteiger partial charge in [-0.25, -0.2) is 9.67 Å². The van der Waals surface area contributed by atoms with Crippen LogP contribution in [0.4, 0.5) is 0 Å². The molecule has 25 heavy (non-hydrogen) atoms. The van der Waals surface area contributed by atoms with E-state index in [2.05, 4.69) is 15.3 Å². The number of benzene rings is 1. The molecule has 0 bridgehead atoms. The Morgan fingerprint density at radius 1 is 1.36 bits per heavy atom. The van der Waals surface area contributed by atoms with Crippen molar-refractivity contribution in [2.24, 2.45) is 7.05 Å². The Morgan fingerprint density at radius 3 is 3.20 bits per heavy atom. The number of likely N-dealkylation sites (tertiary alicyclic amines) is 1. The van der Waals surface area contributed by atoms with Gasteiger partial charge in [-0.15, -0.1) is 5.10 Å². The highest BCUT2D eigenvalue weighted by Crippen LogP contribution is 2.30. The Bertz CT molecular complexity index is 961. The SMILES string of the molecule is Cn1cnc2cc(C(=O)N3CCC4OCc5cnnn5C4C3)ccc21. The molecule has 1 fully saturated rings. The Morgan fingerprint density at radius 2 is 2.28 bits per heavy atom. The molecule has 0 spiro atoms. The second-order valence-electron chi connectivity index (χ2n) is 6.69. The number of aryl methyl sites for hydroxylation is 1. The first-order valence-corrected chi connectivity index (χ1v) is 8.42. The molecule has 4 heterocycles. The summed E-state index contributed by atoms with van der Waals surface area (Å²) >= 11 is 0. The normalized spacial score (nSPS) is 22.7. The van der Waals surface area contributed by atoms with E-state index in [9.17, 15) is 4.79 Å². The molecule has 0 saturated carbocycles. The molecule has 2 aromatic heterocycles. The molecule has 2 unspecified atom stereocenters. The number of piperidine rings is 1. The van der Waals surface area contributed by atoms with Crippen LogP contribution < -0.4 is 0 Å². The summed E-state index contributed by atoms with van der Waals surface area (Å²) in [6.07, 6.45) is 4.39. The highest BCUT2D eigenvalue weighted by molar-refractivity contribution is 5.97. The van der Waals surface area contributed by atoms with E-state index in [1.54, 1.807) is 12.5 Å². The standard InChI is InChI=1S/C17H18N6O2/c1-21-10-18-13-6-11(2-3-14(13)21)17(24)22-5-4-16-15(8-22)23-12(9-25-16)7-19-20-23/h2-3,6-7,10,15-16H,4-5,8-9H2,1H3. The lowest BCUT2D eigenvalue weighted by Crippen LogP contribution is -2.49. The van der Waals surface area contributed by atoms with Crippen LogP contribution in [-0.2, 0) is 18.4 Å². The van der Waals surface area contributed by atoms with Gasteiger partial charge < -0.3 is 14.2 Å². The molecule has 1 amide bonds. The van der Waals surface area contributed by atoms with Crippen molar-refractivity contribution in [3.63, 3.8) is 0 Å². The number of ether oxygens (including phenoxy) is 1. The fraction of sp³-hybridized carbons (Fsp3) is 0.412. The molecule has 3 aromatic rings. The minimum atomic E-state index is 0.0261. The Balaban J connectivity index is 1.42. The van der Waals surface area contributed by atoms with Gasteiger partial charge in [-0.2, -0.15) is 0 Å². The van der Waals surface area contributed by atoms with Crippen molar-refractivity contribution >= 4 is 16.9 Å². The molecular weight excluding hydrogens is 320 g/mol. The van der Waals surface area contributed by atoms with Gasteiger partial charge in [0, 0.05) is 25.7 Å². The van der Waals surface area contributed by atoms with Crippen molar-refractivity contribution in [1.29, 1.82) is 0 Å². The van der Waals surface area contributed by atoms with Crippen LogP contribution in [0.5, 0.6) is 0 Å². The molecule has 5 rings (SSSR count). The summed E-state index contributed by atoms with van der Waals surface area (Å²) in [7, 11) is 1.94. The van der Waals surface area contributed by atoms with Crippen LogP contribution >= 0.6 is 0 Å². The van der Waals surface area contributed by atoms with Crippen LogP contribution in [0.1, 0.15) is 28.5 Å². The first-order valence-electron chi connectivity index (χ1n) is 8.42. The fourth-order valence-electron chi connectivity index (χ4n) is 3.82. The number of rotatable bonds is 1. The summed E-state index contributed by atoms with van der Waals surface area (Å²) in [6, 6.07) is 5.71. The molecular formula is C17H18N6O2. The summed E-state index contributed by atoms with van der Waals surface area (Å²) in [5.74, 6) is 0.0261. The van der Waals surface area contributed by atoms with Crippen molar-refractivity contribution in [3.8, 4) is 0 Å². The van der Waals surface area contributed by atoms with Gasteiger partial charge in [-0.05, 0) is 24.6 Å². The van der Waals surface area contributed by atoms with Crippen molar-refractivity contribution < 1.29 is 9.53 Å². The monoisotopic (exact) mass is 338 g/mol. The number of carbonyl (C=O) groups is 1. The molecule has 8 nitrogen and oxygen atoms in total. The lowest BCUT2D eigenvalue weighted by molar-refractivity contribution is -0.0605. The Labute approximate surface area is 144 Å². The zero-order valence-corrected chi connectivity index (χ0v) is 13.9. The van der Waals surface area contributed by atoms with Crippen LogP contribution in [0.2, 0.25) is 0 Å². The van der Waals surface area contributed by atoms with Gasteiger partial charge >= 0.3 is 0 Å². The summed E-state index contributed by atoms with van der Waals surface area (Å²) in [4.78, 5) is 19.2. The molecule has 128 valence electrons. The predicted octanol–water partition coefficient (Wildman–Crippen LogP) is 1.15. The third kappa shape index (κ3) is 2.25. The van der Waals surface area contributed by atoms with Crippen LogP contribution in [0.15, 0.2) is 30.7 Å². The van der Waals surface area contributed by atoms with Crippen molar-refractivity contribution in [2.75, 3.05) is 13.1 Å². The number of amides is 1. The average molecular weight is 338 g/mol. The minimum absolute atomic E-state index is 0.0261. The second-order valence-corrected chi connectivity index (χ2v) is 6.69. The lowest BCUT2D eigenvalue weighted by atomic mass is 9.99. The molecule has 1 aromatic carbocycles. The molecule has 2 aliphatic heterocycles. The zero-order chi connectivity index (χ0) is 17.0. The highest BCUT2D eigenvalue weighted by Gasteiger charge is 2.38. The Kier molecular flexibility index (Phi) is 3.14. The van der Waals surface area contributed by atoms with Crippen LogP contribution in [0.25, 0.3) is 11.0 Å². The molecule has 8 heteroatoms. The number of carbonyl (C=O) groups excluding carboxylic acids is 1. The van der Waals surface area contributed by atoms with E-state index in [1.807, 2.05) is 39.4 Å². The molecule has 2 aliphatic rings. The van der Waals surface area contributed by atoms with Crippen molar-refractivity contribution in [2.45, 2.75) is 25.2 Å². The van der Waals surface area contributed by atoms with Crippen molar-refractivity contribution in [1.82, 2.24) is 29.4 Å². The van der Waals surface area contributed by atoms with Gasteiger partial charge in [0.2, 0.25) is 0 Å². The number of hydrogen-bond donors (Lipinski definition) is 0. The number of nitrogens with zero attached hydrogens (tertiary/aromatic N) is 6. The Hall–Kier alpha value is -2.74. The van der Waals surface area contributed by atoms with Gasteiger partial charge in [0.25, 0.3) is 5.91 Å². The molecule has 0 N–H and O–H groups in total. The van der Waals surface area contributed by atoms with Crippen LogP contribution in [0, 0.1) is 0 Å². The number of aromatic nitrogens is 5. The van der Waals surface area contributed by atoms with Gasteiger partial charge in [-0.1, -0.05) is 5.21 Å². The smallest absolute Gasteiger partial charge is 0.254 e. The summed E-state index contributed by atoms with van der Waals surface area (Å²) in [6.45, 7) is 1.81. The van der Waals surface area contributed by atoms with Gasteiger partial charge in [-0.3, -0.25) is 4.79 Å². The number of imidazole rings is 1. The van der Waals surface area contributed by atoms with E-state index < -0.39 is 0 Å². The summed E-state index contributed by atoms with van der Waals surface area (Å²) < 4.78 is 9.77. The fourth-order valence-corrected chi connectivity index (χ4v) is 3.82. The maximum Gasteiger partial charge on any atom is 0.254 e. The summed E-state index contributed by atoms with van der Waals surface area (Å²) in [5.41, 5.74) is 3.48. The minimum Gasteiger partial charge on any atom is -0.370 e. The van der Waals surface area contributed by atoms with E-state index in [0.717, 1.165) is 23.1 Å². The first-order chi connectivity index (χ1) is 12.2. The largest absolute Gasteiger partial charge is 0.370 e. The second kappa shape index (κ2) is 5.38.